The van der Waals surface area contributed by atoms with Crippen molar-refractivity contribution in [1.82, 2.24) is 9.80 Å². The summed E-state index contributed by atoms with van der Waals surface area (Å²) in [5, 5.41) is 9.58. The number of hydrogen-bond donors (Lipinski definition) is 1. The fraction of sp³-hybridized carbons (Fsp3) is 0.500. The van der Waals surface area contributed by atoms with Crippen LogP contribution in [-0.2, 0) is 13.1 Å². The Labute approximate surface area is 91.9 Å². The molecular formula is C12H20N2O. The number of benzene rings is 1. The van der Waals surface area contributed by atoms with E-state index in [4.69, 9.17) is 0 Å². The molecule has 0 aliphatic carbocycles. The standard InChI is InChI=1S/C12H20N2O/c1-13(2)8-10-5-11(9-14(3)4)7-12(15)6-10/h5-7,15H,8-9H2,1-4H3. The van der Waals surface area contributed by atoms with Crippen molar-refractivity contribution in [2.75, 3.05) is 28.2 Å². The van der Waals surface area contributed by atoms with Crippen LogP contribution >= 0.6 is 0 Å². The third kappa shape index (κ3) is 4.32. The van der Waals surface area contributed by atoms with E-state index in [2.05, 4.69) is 15.9 Å². The molecule has 0 aliphatic rings. The SMILES string of the molecule is CN(C)Cc1cc(O)cc(CN(C)C)c1. The van der Waals surface area contributed by atoms with Crippen molar-refractivity contribution in [3.05, 3.63) is 29.3 Å². The lowest BCUT2D eigenvalue weighted by atomic mass is 10.1. The van der Waals surface area contributed by atoms with Gasteiger partial charge >= 0.3 is 0 Å². The van der Waals surface area contributed by atoms with E-state index in [-0.39, 0.29) is 0 Å². The molecule has 0 saturated carbocycles. The van der Waals surface area contributed by atoms with E-state index in [0.717, 1.165) is 24.2 Å². The molecule has 84 valence electrons. The zero-order valence-electron chi connectivity index (χ0n) is 9.99. The van der Waals surface area contributed by atoms with E-state index < -0.39 is 0 Å². The van der Waals surface area contributed by atoms with E-state index in [0.29, 0.717) is 5.75 Å². The predicted octanol–water partition coefficient (Wildman–Crippen LogP) is 1.52. The lowest BCUT2D eigenvalue weighted by Crippen LogP contribution is -2.13. The van der Waals surface area contributed by atoms with Crippen molar-refractivity contribution in [2.45, 2.75) is 13.1 Å². The average Bonchev–Trinajstić information content (AvgIpc) is 1.98. The van der Waals surface area contributed by atoms with Gasteiger partial charge in [-0.1, -0.05) is 6.07 Å². The van der Waals surface area contributed by atoms with Crippen molar-refractivity contribution in [2.24, 2.45) is 0 Å². The maximum atomic E-state index is 9.58. The van der Waals surface area contributed by atoms with E-state index >= 15 is 0 Å². The minimum Gasteiger partial charge on any atom is -0.508 e. The Morgan fingerprint density at radius 3 is 1.60 bits per heavy atom. The second kappa shape index (κ2) is 5.14. The van der Waals surface area contributed by atoms with Crippen LogP contribution in [0.15, 0.2) is 18.2 Å². The normalized spacial score (nSPS) is 11.3. The van der Waals surface area contributed by atoms with Crippen LogP contribution in [0, 0.1) is 0 Å². The Balaban J connectivity index is 2.84. The molecule has 0 heterocycles. The second-order valence-electron chi connectivity index (χ2n) is 4.48. The molecule has 1 rings (SSSR count). The molecule has 0 unspecified atom stereocenters. The summed E-state index contributed by atoms with van der Waals surface area (Å²) in [6, 6.07) is 5.78. The first kappa shape index (κ1) is 12.0. The van der Waals surface area contributed by atoms with Crippen LogP contribution in [0.2, 0.25) is 0 Å². The summed E-state index contributed by atoms with van der Waals surface area (Å²) in [6.07, 6.45) is 0. The highest BCUT2D eigenvalue weighted by atomic mass is 16.3. The Morgan fingerprint density at radius 1 is 0.867 bits per heavy atom. The Bertz CT molecular complexity index is 293. The highest BCUT2D eigenvalue weighted by Gasteiger charge is 2.02. The van der Waals surface area contributed by atoms with Crippen LogP contribution < -0.4 is 0 Å². The Hall–Kier alpha value is -1.06. The topological polar surface area (TPSA) is 26.7 Å². The number of nitrogens with zero attached hydrogens (tertiary/aromatic N) is 2. The van der Waals surface area contributed by atoms with Crippen LogP contribution in [0.4, 0.5) is 0 Å². The number of hydrogen-bond acceptors (Lipinski definition) is 3. The maximum absolute atomic E-state index is 9.58. The molecule has 0 spiro atoms. The summed E-state index contributed by atoms with van der Waals surface area (Å²) < 4.78 is 0. The van der Waals surface area contributed by atoms with Gasteiger partial charge in [0.05, 0.1) is 0 Å². The molecule has 1 N–H and O–H groups in total. The summed E-state index contributed by atoms with van der Waals surface area (Å²) in [4.78, 5) is 4.18. The third-order valence-electron chi connectivity index (χ3n) is 2.03. The molecule has 0 bridgehead atoms. The molecule has 3 heteroatoms. The lowest BCUT2D eigenvalue weighted by Gasteiger charge is -2.14. The van der Waals surface area contributed by atoms with Crippen molar-refractivity contribution >= 4 is 0 Å². The molecule has 0 aromatic heterocycles. The zero-order valence-corrected chi connectivity index (χ0v) is 9.99. The molecule has 3 nitrogen and oxygen atoms in total. The van der Waals surface area contributed by atoms with Gasteiger partial charge in [-0.05, 0) is 51.5 Å². The lowest BCUT2D eigenvalue weighted by molar-refractivity contribution is 0.392. The van der Waals surface area contributed by atoms with Gasteiger partial charge in [-0.15, -0.1) is 0 Å². The van der Waals surface area contributed by atoms with Gasteiger partial charge in [0.15, 0.2) is 0 Å². The average molecular weight is 208 g/mol. The van der Waals surface area contributed by atoms with Gasteiger partial charge in [0.25, 0.3) is 0 Å². The molecule has 0 saturated heterocycles. The molecule has 15 heavy (non-hydrogen) atoms. The van der Waals surface area contributed by atoms with E-state index in [1.54, 1.807) is 0 Å². The minimum absolute atomic E-state index is 0.353. The van der Waals surface area contributed by atoms with Gasteiger partial charge < -0.3 is 14.9 Å². The highest BCUT2D eigenvalue weighted by Crippen LogP contribution is 2.17. The molecule has 0 amide bonds. The predicted molar refractivity (Wildman–Crippen MR) is 62.9 cm³/mol. The van der Waals surface area contributed by atoms with Gasteiger partial charge in [-0.2, -0.15) is 0 Å². The molecular weight excluding hydrogens is 188 g/mol. The van der Waals surface area contributed by atoms with Crippen molar-refractivity contribution in [3.63, 3.8) is 0 Å². The second-order valence-corrected chi connectivity index (χ2v) is 4.48. The van der Waals surface area contributed by atoms with Crippen LogP contribution in [0.5, 0.6) is 5.75 Å². The van der Waals surface area contributed by atoms with Gasteiger partial charge in [-0.25, -0.2) is 0 Å². The van der Waals surface area contributed by atoms with E-state index in [1.165, 1.54) is 0 Å². The monoisotopic (exact) mass is 208 g/mol. The van der Waals surface area contributed by atoms with Crippen LogP contribution in [-0.4, -0.2) is 43.1 Å². The summed E-state index contributed by atoms with van der Waals surface area (Å²) in [7, 11) is 8.09. The maximum Gasteiger partial charge on any atom is 0.116 e. The van der Waals surface area contributed by atoms with Crippen molar-refractivity contribution in [3.8, 4) is 5.75 Å². The smallest absolute Gasteiger partial charge is 0.116 e. The first-order valence-corrected chi connectivity index (χ1v) is 5.08. The highest BCUT2D eigenvalue weighted by molar-refractivity contribution is 5.33. The number of aromatic hydroxyl groups is 1. The summed E-state index contributed by atoms with van der Waals surface area (Å²) in [6.45, 7) is 1.71. The van der Waals surface area contributed by atoms with E-state index in [1.807, 2.05) is 40.3 Å². The molecule has 0 aliphatic heterocycles. The molecule has 1 aromatic rings. The van der Waals surface area contributed by atoms with Crippen molar-refractivity contribution in [1.29, 1.82) is 0 Å². The van der Waals surface area contributed by atoms with Crippen LogP contribution in [0.3, 0.4) is 0 Å². The third-order valence-corrected chi connectivity index (χ3v) is 2.03. The summed E-state index contributed by atoms with van der Waals surface area (Å²) in [5.41, 5.74) is 2.30. The fourth-order valence-corrected chi connectivity index (χ4v) is 1.66. The minimum atomic E-state index is 0.353. The molecule has 0 radical (unpaired) electrons. The van der Waals surface area contributed by atoms with Crippen LogP contribution in [0.1, 0.15) is 11.1 Å². The van der Waals surface area contributed by atoms with Gasteiger partial charge in [0, 0.05) is 13.1 Å². The quantitative estimate of drug-likeness (QED) is 0.812. The largest absolute Gasteiger partial charge is 0.508 e. The van der Waals surface area contributed by atoms with Gasteiger partial charge in [0.1, 0.15) is 5.75 Å². The Kier molecular flexibility index (Phi) is 4.12. The van der Waals surface area contributed by atoms with Crippen molar-refractivity contribution < 1.29 is 5.11 Å². The van der Waals surface area contributed by atoms with E-state index in [9.17, 15) is 5.11 Å². The molecule has 0 fully saturated rings. The number of phenols is 1. The number of phenolic OH excluding ortho intramolecular Hbond substituents is 1. The molecule has 0 atom stereocenters. The fourth-order valence-electron chi connectivity index (χ4n) is 1.66. The van der Waals surface area contributed by atoms with Gasteiger partial charge in [-0.3, -0.25) is 0 Å². The zero-order chi connectivity index (χ0) is 11.4. The Morgan fingerprint density at radius 2 is 1.27 bits per heavy atom. The summed E-state index contributed by atoms with van der Waals surface area (Å²) >= 11 is 0. The first-order chi connectivity index (χ1) is 6.97. The summed E-state index contributed by atoms with van der Waals surface area (Å²) in [5.74, 6) is 0.353. The first-order valence-electron chi connectivity index (χ1n) is 5.08. The van der Waals surface area contributed by atoms with Gasteiger partial charge in [0.2, 0.25) is 0 Å². The number of rotatable bonds is 4. The molecule has 1 aromatic carbocycles. The van der Waals surface area contributed by atoms with Crippen LogP contribution in [0.25, 0.3) is 0 Å².